The van der Waals surface area contributed by atoms with Gasteiger partial charge in [0.2, 0.25) is 5.91 Å². The zero-order valence-corrected chi connectivity index (χ0v) is 15.9. The molecular weight excluding hydrogens is 354 g/mol. The van der Waals surface area contributed by atoms with E-state index >= 15 is 0 Å². The lowest BCUT2D eigenvalue weighted by atomic mass is 10.1. The normalized spacial score (nSPS) is 14.2. The molecule has 132 valence electrons. The summed E-state index contributed by atoms with van der Waals surface area (Å²) in [6.45, 7) is 4.03. The van der Waals surface area contributed by atoms with Gasteiger partial charge in [0.1, 0.15) is 0 Å². The Balaban J connectivity index is 1.75. The summed E-state index contributed by atoms with van der Waals surface area (Å²) in [5.41, 5.74) is 3.49. The number of benzene rings is 1. The number of anilines is 1. The minimum absolute atomic E-state index is 0.0640. The van der Waals surface area contributed by atoms with Gasteiger partial charge in [0.15, 0.2) is 5.16 Å². The van der Waals surface area contributed by atoms with Gasteiger partial charge in [-0.2, -0.15) is 11.8 Å². The van der Waals surface area contributed by atoms with Crippen LogP contribution in [0.1, 0.15) is 37.1 Å². The number of amides is 1. The molecule has 2 N–H and O–H groups in total. The van der Waals surface area contributed by atoms with E-state index in [9.17, 15) is 9.59 Å². The molecule has 0 radical (unpaired) electrons. The molecular formula is C18H21N3O2S2. The Hall–Kier alpha value is -1.73. The number of carbonyl (C=O) groups is 1. The molecule has 1 aliphatic rings. The summed E-state index contributed by atoms with van der Waals surface area (Å²) in [6.07, 6.45) is 1.51. The lowest BCUT2D eigenvalue weighted by Crippen LogP contribution is -2.26. The lowest BCUT2D eigenvalue weighted by molar-refractivity contribution is -0.115. The van der Waals surface area contributed by atoms with Crippen LogP contribution in [0.25, 0.3) is 0 Å². The Bertz CT molecular complexity index is 835. The first-order valence-electron chi connectivity index (χ1n) is 8.37. The molecule has 1 aliphatic heterocycles. The van der Waals surface area contributed by atoms with Crippen LogP contribution in [-0.4, -0.2) is 21.1 Å². The summed E-state index contributed by atoms with van der Waals surface area (Å²) in [6, 6.07) is 7.82. The highest BCUT2D eigenvalue weighted by atomic mass is 32.2. The van der Waals surface area contributed by atoms with Crippen molar-refractivity contribution in [2.24, 2.45) is 0 Å². The van der Waals surface area contributed by atoms with Crippen LogP contribution < -0.4 is 10.9 Å². The number of fused-ring (bicyclic) bond motifs is 1. The smallest absolute Gasteiger partial charge is 0.255 e. The van der Waals surface area contributed by atoms with Gasteiger partial charge in [-0.25, -0.2) is 4.98 Å². The Morgan fingerprint density at radius 1 is 1.36 bits per heavy atom. The van der Waals surface area contributed by atoms with E-state index in [1.54, 1.807) is 11.8 Å². The van der Waals surface area contributed by atoms with Gasteiger partial charge in [0, 0.05) is 22.8 Å². The van der Waals surface area contributed by atoms with Gasteiger partial charge in [-0.05, 0) is 24.5 Å². The number of H-pyrrole nitrogens is 1. The van der Waals surface area contributed by atoms with Crippen LogP contribution in [0.5, 0.6) is 0 Å². The zero-order chi connectivity index (χ0) is 17.8. The fourth-order valence-corrected chi connectivity index (χ4v) is 4.67. The highest BCUT2D eigenvalue weighted by molar-refractivity contribution is 8.00. The van der Waals surface area contributed by atoms with Crippen molar-refractivity contribution in [2.45, 2.75) is 48.6 Å². The Morgan fingerprint density at radius 2 is 2.16 bits per heavy atom. The van der Waals surface area contributed by atoms with Crippen LogP contribution in [0.3, 0.4) is 0 Å². The number of aromatic nitrogens is 2. The van der Waals surface area contributed by atoms with E-state index in [4.69, 9.17) is 0 Å². The fraction of sp³-hybridized carbons (Fsp3) is 0.389. The molecule has 1 aromatic heterocycles. The second kappa shape index (κ2) is 8.10. The average molecular weight is 376 g/mol. The van der Waals surface area contributed by atoms with Gasteiger partial charge in [-0.3, -0.25) is 9.59 Å². The third-order valence-electron chi connectivity index (χ3n) is 4.14. The van der Waals surface area contributed by atoms with Gasteiger partial charge in [-0.15, -0.1) is 0 Å². The van der Waals surface area contributed by atoms with E-state index in [1.807, 2.05) is 31.2 Å². The molecule has 3 rings (SSSR count). The molecule has 0 aliphatic carbocycles. The van der Waals surface area contributed by atoms with E-state index in [0.29, 0.717) is 17.3 Å². The molecule has 1 amide bonds. The van der Waals surface area contributed by atoms with Crippen molar-refractivity contribution >= 4 is 35.1 Å². The maximum Gasteiger partial charge on any atom is 0.255 e. The highest BCUT2D eigenvalue weighted by Gasteiger charge is 2.23. The van der Waals surface area contributed by atoms with Gasteiger partial charge < -0.3 is 10.3 Å². The number of carbonyl (C=O) groups excluding carboxylic acids is 1. The lowest BCUT2D eigenvalue weighted by Gasteiger charge is -2.16. The minimum Gasteiger partial charge on any atom is -0.325 e. The number of para-hydroxylation sites is 1. The Labute approximate surface area is 155 Å². The number of hydrogen-bond donors (Lipinski definition) is 2. The second-order valence-electron chi connectivity index (χ2n) is 5.80. The average Bonchev–Trinajstić information content (AvgIpc) is 3.09. The topological polar surface area (TPSA) is 74.8 Å². The van der Waals surface area contributed by atoms with Crippen molar-refractivity contribution in [1.29, 1.82) is 0 Å². The van der Waals surface area contributed by atoms with Crippen molar-refractivity contribution in [1.82, 2.24) is 9.97 Å². The Morgan fingerprint density at radius 3 is 2.92 bits per heavy atom. The van der Waals surface area contributed by atoms with Crippen LogP contribution in [0.4, 0.5) is 5.69 Å². The molecule has 25 heavy (non-hydrogen) atoms. The number of nitrogens with zero attached hydrogens (tertiary/aromatic N) is 1. The maximum atomic E-state index is 12.7. The monoisotopic (exact) mass is 375 g/mol. The van der Waals surface area contributed by atoms with Gasteiger partial charge in [0.05, 0.1) is 10.9 Å². The zero-order valence-electron chi connectivity index (χ0n) is 14.3. The summed E-state index contributed by atoms with van der Waals surface area (Å²) < 4.78 is 0. The van der Waals surface area contributed by atoms with Crippen molar-refractivity contribution in [3.63, 3.8) is 0 Å². The molecule has 0 saturated heterocycles. The molecule has 7 heteroatoms. The largest absolute Gasteiger partial charge is 0.325 e. The Kier molecular flexibility index (Phi) is 5.86. The van der Waals surface area contributed by atoms with Crippen molar-refractivity contribution in [3.05, 3.63) is 51.4 Å². The van der Waals surface area contributed by atoms with Crippen molar-refractivity contribution in [3.8, 4) is 0 Å². The first-order chi connectivity index (χ1) is 12.1. The number of thioether (sulfide) groups is 2. The molecule has 1 unspecified atom stereocenters. The van der Waals surface area contributed by atoms with Crippen LogP contribution >= 0.6 is 23.5 Å². The molecule has 2 aromatic rings. The number of aryl methyl sites for hydroxylation is 1. The number of rotatable bonds is 6. The maximum absolute atomic E-state index is 12.7. The molecule has 0 bridgehead atoms. The van der Waals surface area contributed by atoms with Gasteiger partial charge in [-0.1, -0.05) is 43.8 Å². The summed E-state index contributed by atoms with van der Waals surface area (Å²) in [7, 11) is 0. The van der Waals surface area contributed by atoms with Crippen LogP contribution in [0.15, 0.2) is 34.2 Å². The van der Waals surface area contributed by atoms with E-state index in [2.05, 4.69) is 22.2 Å². The van der Waals surface area contributed by atoms with Crippen LogP contribution in [-0.2, 0) is 22.7 Å². The molecule has 1 aromatic carbocycles. The molecule has 5 nitrogen and oxygen atoms in total. The standard InChI is InChI=1S/C18H21N3O2S2/c1-3-11-7-5-6-8-13(11)19-17(23)15(4-2)25-18-20-14-10-24-9-12(14)16(22)21-18/h5-8,15H,3-4,9-10H2,1-2H3,(H,19,23)(H,20,21,22). The molecule has 0 spiro atoms. The highest BCUT2D eigenvalue weighted by Crippen LogP contribution is 2.29. The molecule has 1 atom stereocenters. The third-order valence-corrected chi connectivity index (χ3v) is 6.36. The fourth-order valence-electron chi connectivity index (χ4n) is 2.72. The first kappa shape index (κ1) is 18.1. The summed E-state index contributed by atoms with van der Waals surface area (Å²) in [4.78, 5) is 32.2. The van der Waals surface area contributed by atoms with Gasteiger partial charge >= 0.3 is 0 Å². The van der Waals surface area contributed by atoms with E-state index in [0.717, 1.165) is 34.7 Å². The van der Waals surface area contributed by atoms with Crippen molar-refractivity contribution in [2.75, 3.05) is 5.32 Å². The second-order valence-corrected chi connectivity index (χ2v) is 7.98. The molecule has 0 fully saturated rings. The first-order valence-corrected chi connectivity index (χ1v) is 10.4. The summed E-state index contributed by atoms with van der Waals surface area (Å²) in [5.74, 6) is 1.42. The molecule has 2 heterocycles. The SMILES string of the molecule is CCc1ccccc1NC(=O)C(CC)Sc1nc2c(c(=O)[nH]1)CSC2. The predicted octanol–water partition coefficient (Wildman–Crippen LogP) is 3.59. The predicted molar refractivity (Wildman–Crippen MR) is 104 cm³/mol. The minimum atomic E-state index is -0.305. The third kappa shape index (κ3) is 4.10. The van der Waals surface area contributed by atoms with Gasteiger partial charge in [0.25, 0.3) is 5.56 Å². The van der Waals surface area contributed by atoms with E-state index in [-0.39, 0.29) is 16.7 Å². The van der Waals surface area contributed by atoms with E-state index < -0.39 is 0 Å². The molecule has 0 saturated carbocycles. The number of hydrogen-bond acceptors (Lipinski definition) is 5. The summed E-state index contributed by atoms with van der Waals surface area (Å²) >= 11 is 3.01. The number of aromatic amines is 1. The van der Waals surface area contributed by atoms with Crippen LogP contribution in [0, 0.1) is 0 Å². The quantitative estimate of drug-likeness (QED) is 0.596. The number of nitrogens with one attached hydrogen (secondary N) is 2. The van der Waals surface area contributed by atoms with Crippen LogP contribution in [0.2, 0.25) is 0 Å². The van der Waals surface area contributed by atoms with E-state index in [1.165, 1.54) is 11.8 Å². The summed E-state index contributed by atoms with van der Waals surface area (Å²) in [5, 5.41) is 3.24. The van der Waals surface area contributed by atoms with Crippen molar-refractivity contribution < 1.29 is 4.79 Å².